The Kier molecular flexibility index (Phi) is 6.65. The molecule has 0 saturated heterocycles. The Bertz CT molecular complexity index is 1530. The van der Waals surface area contributed by atoms with Gasteiger partial charge in [-0.15, -0.1) is 0 Å². The zero-order chi connectivity index (χ0) is 25.2. The third kappa shape index (κ3) is 4.61. The predicted octanol–water partition coefficient (Wildman–Crippen LogP) is 10.7. The van der Waals surface area contributed by atoms with E-state index in [1.807, 2.05) is 0 Å². The van der Waals surface area contributed by atoms with Crippen LogP contribution in [-0.4, -0.2) is 4.57 Å². The van der Waals surface area contributed by atoms with Gasteiger partial charge in [-0.05, 0) is 58.7 Å². The van der Waals surface area contributed by atoms with Crippen molar-refractivity contribution in [2.24, 2.45) is 0 Å². The maximum Gasteiger partial charge on any atom is 0.0619 e. The lowest BCUT2D eigenvalue weighted by atomic mass is 9.91. The lowest BCUT2D eigenvalue weighted by Gasteiger charge is -2.16. The number of benzene rings is 5. The van der Waals surface area contributed by atoms with Crippen LogP contribution in [0.4, 0.5) is 0 Å². The molecule has 1 aromatic heterocycles. The van der Waals surface area contributed by atoms with Crippen LogP contribution in [0.1, 0.15) is 0 Å². The maximum absolute atomic E-state index is 3.64. The SMILES string of the molecule is Brc1ccc(-c2c(-c3ccc(Br)cc3)c(-c3ccccc3)n(-c3ccccc3)c2-c2ccccc2)cc1. The fraction of sp³-hybridized carbons (Fsp3) is 0. The van der Waals surface area contributed by atoms with Crippen molar-refractivity contribution in [1.29, 1.82) is 0 Å². The van der Waals surface area contributed by atoms with Crippen LogP contribution in [0, 0.1) is 0 Å². The van der Waals surface area contributed by atoms with Crippen LogP contribution in [0.15, 0.2) is 148 Å². The Labute approximate surface area is 234 Å². The lowest BCUT2D eigenvalue weighted by molar-refractivity contribution is 1.10. The summed E-state index contributed by atoms with van der Waals surface area (Å²) >= 11 is 7.27. The second kappa shape index (κ2) is 10.4. The highest BCUT2D eigenvalue weighted by Gasteiger charge is 2.27. The van der Waals surface area contributed by atoms with Crippen LogP contribution in [0.2, 0.25) is 0 Å². The average Bonchev–Trinajstić information content (AvgIpc) is 3.31. The van der Waals surface area contributed by atoms with Crippen molar-refractivity contribution in [1.82, 2.24) is 4.57 Å². The summed E-state index contributed by atoms with van der Waals surface area (Å²) in [7, 11) is 0. The van der Waals surface area contributed by atoms with Gasteiger partial charge in [0.2, 0.25) is 0 Å². The monoisotopic (exact) mass is 603 g/mol. The summed E-state index contributed by atoms with van der Waals surface area (Å²) < 4.78 is 4.56. The van der Waals surface area contributed by atoms with Crippen LogP contribution in [-0.2, 0) is 0 Å². The van der Waals surface area contributed by atoms with E-state index in [2.05, 4.69) is 176 Å². The number of para-hydroxylation sites is 1. The molecule has 1 nitrogen and oxygen atoms in total. The van der Waals surface area contributed by atoms with Crippen LogP contribution in [0.5, 0.6) is 0 Å². The summed E-state index contributed by atoms with van der Waals surface area (Å²) in [6, 6.07) is 49.4. The van der Waals surface area contributed by atoms with Gasteiger partial charge in [0, 0.05) is 25.8 Å². The molecule has 0 aliphatic rings. The van der Waals surface area contributed by atoms with Crippen molar-refractivity contribution in [3.8, 4) is 50.5 Å². The highest BCUT2D eigenvalue weighted by molar-refractivity contribution is 9.10. The van der Waals surface area contributed by atoms with Gasteiger partial charge in [0.05, 0.1) is 11.4 Å². The Balaban J connectivity index is 1.85. The van der Waals surface area contributed by atoms with Crippen molar-refractivity contribution in [3.63, 3.8) is 0 Å². The molecule has 0 spiro atoms. The summed E-state index contributed by atoms with van der Waals surface area (Å²) in [4.78, 5) is 0. The van der Waals surface area contributed by atoms with E-state index >= 15 is 0 Å². The van der Waals surface area contributed by atoms with Gasteiger partial charge in [-0.25, -0.2) is 0 Å². The number of aromatic nitrogens is 1. The molecular weight excluding hydrogens is 582 g/mol. The van der Waals surface area contributed by atoms with E-state index in [-0.39, 0.29) is 0 Å². The Morgan fingerprint density at radius 1 is 0.351 bits per heavy atom. The summed E-state index contributed by atoms with van der Waals surface area (Å²) in [5.41, 5.74) is 10.6. The standard InChI is InChI=1S/C34H23Br2N/c35-28-20-16-24(17-21-28)31-32(25-18-22-29(36)23-19-25)34(27-12-6-2-7-13-27)37(30-14-8-3-9-15-30)33(31)26-10-4-1-5-11-26/h1-23H. The van der Waals surface area contributed by atoms with Gasteiger partial charge in [-0.1, -0.05) is 135 Å². The topological polar surface area (TPSA) is 4.93 Å². The minimum Gasteiger partial charge on any atom is -0.308 e. The van der Waals surface area contributed by atoms with E-state index in [4.69, 9.17) is 0 Å². The first kappa shape index (κ1) is 23.7. The zero-order valence-corrected chi connectivity index (χ0v) is 23.2. The van der Waals surface area contributed by atoms with Crippen LogP contribution in [0.25, 0.3) is 50.5 Å². The van der Waals surface area contributed by atoms with Crippen molar-refractivity contribution in [3.05, 3.63) is 148 Å². The molecule has 0 N–H and O–H groups in total. The molecule has 6 aromatic rings. The van der Waals surface area contributed by atoms with E-state index in [0.717, 1.165) is 14.6 Å². The first-order valence-electron chi connectivity index (χ1n) is 12.2. The van der Waals surface area contributed by atoms with Gasteiger partial charge >= 0.3 is 0 Å². The van der Waals surface area contributed by atoms with Gasteiger partial charge in [0.1, 0.15) is 0 Å². The fourth-order valence-corrected chi connectivity index (χ4v) is 5.47. The highest BCUT2D eigenvalue weighted by Crippen LogP contribution is 2.50. The Hall–Kier alpha value is -3.66. The molecule has 0 unspecified atom stereocenters. The van der Waals surface area contributed by atoms with E-state index in [0.29, 0.717) is 0 Å². The molecule has 6 rings (SSSR count). The van der Waals surface area contributed by atoms with Crippen molar-refractivity contribution < 1.29 is 0 Å². The van der Waals surface area contributed by atoms with Gasteiger partial charge < -0.3 is 4.57 Å². The molecule has 178 valence electrons. The molecule has 1 heterocycles. The van der Waals surface area contributed by atoms with Crippen LogP contribution >= 0.6 is 31.9 Å². The average molecular weight is 605 g/mol. The molecule has 0 atom stereocenters. The molecule has 5 aromatic carbocycles. The number of hydrogen-bond donors (Lipinski definition) is 0. The van der Waals surface area contributed by atoms with E-state index < -0.39 is 0 Å². The third-order valence-electron chi connectivity index (χ3n) is 6.55. The molecule has 0 bridgehead atoms. The highest BCUT2D eigenvalue weighted by atomic mass is 79.9. The quantitative estimate of drug-likeness (QED) is 0.184. The first-order chi connectivity index (χ1) is 18.2. The molecule has 0 aliphatic carbocycles. The van der Waals surface area contributed by atoms with E-state index in [1.54, 1.807) is 0 Å². The minimum atomic E-state index is 1.06. The van der Waals surface area contributed by atoms with Crippen molar-refractivity contribution >= 4 is 31.9 Å². The molecule has 0 radical (unpaired) electrons. The lowest BCUT2D eigenvalue weighted by Crippen LogP contribution is -2.00. The normalized spacial score (nSPS) is 11.0. The van der Waals surface area contributed by atoms with Gasteiger partial charge in [0.15, 0.2) is 0 Å². The molecule has 37 heavy (non-hydrogen) atoms. The van der Waals surface area contributed by atoms with Gasteiger partial charge in [-0.2, -0.15) is 0 Å². The van der Waals surface area contributed by atoms with Gasteiger partial charge in [0.25, 0.3) is 0 Å². The predicted molar refractivity (Wildman–Crippen MR) is 163 cm³/mol. The third-order valence-corrected chi connectivity index (χ3v) is 7.60. The maximum atomic E-state index is 3.64. The zero-order valence-electron chi connectivity index (χ0n) is 20.0. The molecule has 0 amide bonds. The molecular formula is C34H23Br2N. The number of halogens is 2. The number of rotatable bonds is 5. The summed E-state index contributed by atoms with van der Waals surface area (Å²) in [5.74, 6) is 0. The van der Waals surface area contributed by atoms with E-state index in [9.17, 15) is 0 Å². The number of nitrogens with zero attached hydrogens (tertiary/aromatic N) is 1. The fourth-order valence-electron chi connectivity index (χ4n) is 4.94. The Morgan fingerprint density at radius 3 is 1.08 bits per heavy atom. The Morgan fingerprint density at radius 2 is 0.703 bits per heavy atom. The molecule has 0 saturated carbocycles. The summed E-state index contributed by atoms with van der Waals surface area (Å²) in [5, 5.41) is 0. The summed E-state index contributed by atoms with van der Waals surface area (Å²) in [6.07, 6.45) is 0. The number of hydrogen-bond acceptors (Lipinski definition) is 0. The second-order valence-corrected chi connectivity index (χ2v) is 10.7. The minimum absolute atomic E-state index is 1.06. The van der Waals surface area contributed by atoms with E-state index in [1.165, 1.54) is 44.8 Å². The molecule has 3 heteroatoms. The van der Waals surface area contributed by atoms with Crippen LogP contribution < -0.4 is 0 Å². The van der Waals surface area contributed by atoms with Crippen molar-refractivity contribution in [2.45, 2.75) is 0 Å². The second-order valence-electron chi connectivity index (χ2n) is 8.86. The van der Waals surface area contributed by atoms with Crippen LogP contribution in [0.3, 0.4) is 0 Å². The summed E-state index contributed by atoms with van der Waals surface area (Å²) in [6.45, 7) is 0. The first-order valence-corrected chi connectivity index (χ1v) is 13.8. The van der Waals surface area contributed by atoms with Gasteiger partial charge in [-0.3, -0.25) is 0 Å². The molecule has 0 fully saturated rings. The van der Waals surface area contributed by atoms with Crippen molar-refractivity contribution in [2.75, 3.05) is 0 Å². The smallest absolute Gasteiger partial charge is 0.0619 e. The molecule has 0 aliphatic heterocycles. The largest absolute Gasteiger partial charge is 0.308 e.